The highest BCUT2D eigenvalue weighted by molar-refractivity contribution is 7.10. The van der Waals surface area contributed by atoms with Crippen molar-refractivity contribution in [1.82, 2.24) is 4.90 Å². The van der Waals surface area contributed by atoms with E-state index in [4.69, 9.17) is 5.73 Å². The largest absolute Gasteiger partial charge is 0.435 e. The summed E-state index contributed by atoms with van der Waals surface area (Å²) < 4.78 is 42.9. The Balaban J connectivity index is 2.17. The average Bonchev–Trinajstić information content (AvgIpc) is 3.07. The average molecular weight is 369 g/mol. The van der Waals surface area contributed by atoms with Crippen molar-refractivity contribution in [3.8, 4) is 5.75 Å². The summed E-state index contributed by atoms with van der Waals surface area (Å²) in [5.74, 6) is -0.968. The fraction of sp³-hybridized carbons (Fsp3) is 0.250. The number of halogens is 3. The number of likely N-dealkylation sites (N-methyl/N-ethyl adjacent to an activating group) is 1. The van der Waals surface area contributed by atoms with Crippen molar-refractivity contribution in [3.63, 3.8) is 0 Å². The smallest absolute Gasteiger partial charge is 0.387 e. The van der Waals surface area contributed by atoms with Crippen molar-refractivity contribution in [2.75, 3.05) is 7.05 Å². The molecule has 0 aliphatic carbocycles. The molecule has 1 unspecified atom stereocenters. The summed E-state index contributed by atoms with van der Waals surface area (Å²) in [5.41, 5.74) is 5.05. The molecular formula is C16H14F3N3O2S. The lowest BCUT2D eigenvalue weighted by atomic mass is 9.87. The molecule has 132 valence electrons. The van der Waals surface area contributed by atoms with E-state index in [1.807, 2.05) is 0 Å². The van der Waals surface area contributed by atoms with E-state index in [0.29, 0.717) is 16.0 Å². The Morgan fingerprint density at radius 3 is 2.56 bits per heavy atom. The van der Waals surface area contributed by atoms with Gasteiger partial charge in [-0.05, 0) is 36.2 Å². The van der Waals surface area contributed by atoms with E-state index in [2.05, 4.69) is 9.73 Å². The molecule has 2 heterocycles. The molecule has 5 nitrogen and oxygen atoms in total. The van der Waals surface area contributed by atoms with Gasteiger partial charge in [-0.25, -0.2) is 9.38 Å². The number of carbonyl (C=O) groups excluding carboxylic acids is 1. The fourth-order valence-corrected chi connectivity index (χ4v) is 3.65. The highest BCUT2D eigenvalue weighted by atomic mass is 32.1. The lowest BCUT2D eigenvalue weighted by Crippen LogP contribution is -2.40. The molecule has 0 saturated heterocycles. The zero-order valence-corrected chi connectivity index (χ0v) is 14.1. The zero-order valence-electron chi connectivity index (χ0n) is 13.3. The number of guanidine groups is 1. The number of rotatable bonds is 4. The lowest BCUT2D eigenvalue weighted by molar-refractivity contribution is -0.129. The number of hydrogen-bond acceptors (Lipinski definition) is 5. The molecule has 1 aliphatic rings. The number of benzene rings is 1. The summed E-state index contributed by atoms with van der Waals surface area (Å²) >= 11 is 1.03. The number of nitrogens with zero attached hydrogens (tertiary/aromatic N) is 2. The molecule has 0 bridgehead atoms. The first-order valence-corrected chi connectivity index (χ1v) is 8.07. The third kappa shape index (κ3) is 2.74. The predicted molar refractivity (Wildman–Crippen MR) is 87.3 cm³/mol. The highest BCUT2D eigenvalue weighted by Crippen LogP contribution is 2.43. The van der Waals surface area contributed by atoms with E-state index in [-0.39, 0.29) is 11.7 Å². The molecule has 0 spiro atoms. The topological polar surface area (TPSA) is 67.9 Å². The Morgan fingerprint density at radius 2 is 2.08 bits per heavy atom. The minimum Gasteiger partial charge on any atom is -0.435 e. The maximum Gasteiger partial charge on any atom is 0.387 e. The molecule has 9 heteroatoms. The highest BCUT2D eigenvalue weighted by Gasteiger charge is 2.50. The van der Waals surface area contributed by atoms with Crippen LogP contribution in [-0.4, -0.2) is 30.4 Å². The van der Waals surface area contributed by atoms with Gasteiger partial charge in [-0.2, -0.15) is 8.78 Å². The number of amides is 1. The second kappa shape index (κ2) is 6.07. The second-order valence-corrected chi connectivity index (χ2v) is 6.44. The standard InChI is InChI=1S/C16H14F3N3O2S/c1-8-5-9(3-4-11(8)24-14(18)19)16(12-6-10(17)7-25-12)13(23)22(2)15(20)21-16/h3-7,14H,1-2H3,(H2,20,21). The number of alkyl halides is 2. The van der Waals surface area contributed by atoms with E-state index in [9.17, 15) is 18.0 Å². The second-order valence-electron chi connectivity index (χ2n) is 5.53. The lowest BCUT2D eigenvalue weighted by Gasteiger charge is -2.25. The number of thiophene rings is 1. The maximum absolute atomic E-state index is 13.6. The molecule has 1 aromatic carbocycles. The molecule has 1 aromatic heterocycles. The Labute approximate surface area is 145 Å². The zero-order chi connectivity index (χ0) is 18.4. The van der Waals surface area contributed by atoms with Crippen molar-refractivity contribution in [2.24, 2.45) is 10.7 Å². The quantitative estimate of drug-likeness (QED) is 0.901. The van der Waals surface area contributed by atoms with Crippen molar-refractivity contribution < 1.29 is 22.7 Å². The first-order valence-electron chi connectivity index (χ1n) is 7.19. The fourth-order valence-electron chi connectivity index (χ4n) is 2.74. The minimum atomic E-state index is -2.96. The van der Waals surface area contributed by atoms with Crippen molar-refractivity contribution in [1.29, 1.82) is 0 Å². The molecule has 2 N–H and O–H groups in total. The van der Waals surface area contributed by atoms with Gasteiger partial charge in [-0.15, -0.1) is 11.3 Å². The monoisotopic (exact) mass is 369 g/mol. The van der Waals surface area contributed by atoms with Crippen LogP contribution in [0.2, 0.25) is 0 Å². The predicted octanol–water partition coefficient (Wildman–Crippen LogP) is 2.83. The van der Waals surface area contributed by atoms with E-state index in [0.717, 1.165) is 11.3 Å². The van der Waals surface area contributed by atoms with Crippen LogP contribution in [0.4, 0.5) is 13.2 Å². The molecule has 1 aliphatic heterocycles. The number of nitrogens with two attached hydrogens (primary N) is 1. The number of carbonyl (C=O) groups is 1. The van der Waals surface area contributed by atoms with Crippen LogP contribution in [-0.2, 0) is 10.3 Å². The van der Waals surface area contributed by atoms with Gasteiger partial charge in [0.05, 0.1) is 0 Å². The summed E-state index contributed by atoms with van der Waals surface area (Å²) in [6.45, 7) is -1.39. The third-order valence-corrected chi connectivity index (χ3v) is 4.98. The van der Waals surface area contributed by atoms with E-state index >= 15 is 0 Å². The van der Waals surface area contributed by atoms with Crippen molar-refractivity contribution >= 4 is 23.2 Å². The van der Waals surface area contributed by atoms with Gasteiger partial charge in [-0.3, -0.25) is 9.69 Å². The van der Waals surface area contributed by atoms with Crippen molar-refractivity contribution in [3.05, 3.63) is 51.5 Å². The summed E-state index contributed by atoms with van der Waals surface area (Å²) in [6, 6.07) is 5.52. The third-order valence-electron chi connectivity index (χ3n) is 3.97. The number of aliphatic imine (C=N–C) groups is 1. The Kier molecular flexibility index (Phi) is 4.19. The first-order chi connectivity index (χ1) is 11.8. The van der Waals surface area contributed by atoms with Crippen LogP contribution in [0.3, 0.4) is 0 Å². The number of aryl methyl sites for hydroxylation is 1. The summed E-state index contributed by atoms with van der Waals surface area (Å²) in [4.78, 5) is 18.7. The van der Waals surface area contributed by atoms with Gasteiger partial charge in [0.25, 0.3) is 5.91 Å². The van der Waals surface area contributed by atoms with Gasteiger partial charge in [0.1, 0.15) is 11.6 Å². The summed E-state index contributed by atoms with van der Waals surface area (Å²) in [5, 5.41) is 1.26. The molecule has 1 amide bonds. The normalized spacial score (nSPS) is 20.3. The van der Waals surface area contributed by atoms with Gasteiger partial charge < -0.3 is 10.5 Å². The van der Waals surface area contributed by atoms with Crippen LogP contribution < -0.4 is 10.5 Å². The van der Waals surface area contributed by atoms with Crippen LogP contribution in [0.5, 0.6) is 5.75 Å². The Morgan fingerprint density at radius 1 is 1.36 bits per heavy atom. The van der Waals surface area contributed by atoms with Gasteiger partial charge >= 0.3 is 6.61 Å². The van der Waals surface area contributed by atoms with Gasteiger partial charge in [0.15, 0.2) is 5.96 Å². The molecule has 3 rings (SSSR count). The van der Waals surface area contributed by atoms with Gasteiger partial charge in [0.2, 0.25) is 5.54 Å². The van der Waals surface area contributed by atoms with Crippen molar-refractivity contribution in [2.45, 2.75) is 19.1 Å². The number of hydrogen-bond donors (Lipinski definition) is 1. The molecule has 0 saturated carbocycles. The van der Waals surface area contributed by atoms with Gasteiger partial charge in [-0.1, -0.05) is 6.07 Å². The van der Waals surface area contributed by atoms with Crippen LogP contribution in [0.25, 0.3) is 0 Å². The van der Waals surface area contributed by atoms with Crippen LogP contribution in [0, 0.1) is 12.7 Å². The summed E-state index contributed by atoms with van der Waals surface area (Å²) in [6.07, 6.45) is 0. The van der Waals surface area contributed by atoms with E-state index in [1.54, 1.807) is 6.92 Å². The molecule has 0 fully saturated rings. The first kappa shape index (κ1) is 17.3. The molecule has 0 radical (unpaired) electrons. The van der Waals surface area contributed by atoms with Gasteiger partial charge in [0, 0.05) is 17.3 Å². The Bertz CT molecular complexity index is 868. The molecule has 25 heavy (non-hydrogen) atoms. The molecular weight excluding hydrogens is 355 g/mol. The molecule has 1 atom stereocenters. The minimum absolute atomic E-state index is 0.00984. The Hall–Kier alpha value is -2.55. The SMILES string of the molecule is Cc1cc(C2(c3cc(F)cs3)N=C(N)N(C)C2=O)ccc1OC(F)F. The van der Waals surface area contributed by atoms with Crippen LogP contribution >= 0.6 is 11.3 Å². The van der Waals surface area contributed by atoms with Crippen LogP contribution in [0.15, 0.2) is 34.6 Å². The summed E-state index contributed by atoms with van der Waals surface area (Å²) in [7, 11) is 1.47. The molecule has 2 aromatic rings. The number of ether oxygens (including phenoxy) is 1. The van der Waals surface area contributed by atoms with E-state index < -0.39 is 23.9 Å². The van der Waals surface area contributed by atoms with E-state index in [1.165, 1.54) is 41.6 Å². The maximum atomic E-state index is 13.6. The van der Waals surface area contributed by atoms with Crippen LogP contribution in [0.1, 0.15) is 16.0 Å².